The number of rotatable bonds is 2. The molecule has 1 aromatic heterocycles. The third-order valence-electron chi connectivity index (χ3n) is 2.19. The van der Waals surface area contributed by atoms with Gasteiger partial charge in [0.25, 0.3) is 0 Å². The van der Waals surface area contributed by atoms with Crippen LogP contribution in [0.4, 0.5) is 8.78 Å². The van der Waals surface area contributed by atoms with Crippen molar-refractivity contribution in [2.75, 3.05) is 0 Å². The molecular formula is C13H8BrF2N. The lowest BCUT2D eigenvalue weighted by molar-refractivity contribution is 0.581. The fraction of sp³-hybridized carbons (Fsp3) is 0. The maximum atomic E-state index is 13.2. The monoisotopic (exact) mass is 295 g/mol. The molecule has 0 aliphatic heterocycles. The first-order valence-corrected chi connectivity index (χ1v) is 5.70. The first-order valence-electron chi connectivity index (χ1n) is 4.90. The number of hydrogen-bond acceptors (Lipinski definition) is 1. The van der Waals surface area contributed by atoms with Gasteiger partial charge in [-0.25, -0.2) is 9.37 Å². The van der Waals surface area contributed by atoms with E-state index in [1.807, 2.05) is 0 Å². The first-order chi connectivity index (χ1) is 8.16. The van der Waals surface area contributed by atoms with Crippen LogP contribution in [-0.4, -0.2) is 4.98 Å². The summed E-state index contributed by atoms with van der Waals surface area (Å²) in [5, 5.41) is 0. The summed E-state index contributed by atoms with van der Waals surface area (Å²) in [6.07, 6.45) is 4.68. The third-order valence-corrected chi connectivity index (χ3v) is 2.88. The molecule has 0 saturated heterocycles. The zero-order valence-electron chi connectivity index (χ0n) is 8.70. The Morgan fingerprint density at radius 2 is 1.82 bits per heavy atom. The van der Waals surface area contributed by atoms with Crippen molar-refractivity contribution in [3.05, 3.63) is 63.9 Å². The van der Waals surface area contributed by atoms with Crippen molar-refractivity contribution in [3.63, 3.8) is 0 Å². The molecule has 86 valence electrons. The molecule has 1 nitrogen and oxygen atoms in total. The van der Waals surface area contributed by atoms with Gasteiger partial charge in [-0.2, -0.15) is 4.39 Å². The molecule has 2 aromatic rings. The Bertz CT molecular complexity index is 567. The van der Waals surface area contributed by atoms with Gasteiger partial charge in [0, 0.05) is 16.2 Å². The Hall–Kier alpha value is -1.55. The zero-order chi connectivity index (χ0) is 12.3. The molecule has 17 heavy (non-hydrogen) atoms. The molecule has 0 aliphatic rings. The lowest BCUT2D eigenvalue weighted by Gasteiger charge is -1.99. The lowest BCUT2D eigenvalue weighted by atomic mass is 10.1. The van der Waals surface area contributed by atoms with Gasteiger partial charge < -0.3 is 0 Å². The van der Waals surface area contributed by atoms with Gasteiger partial charge in [0.2, 0.25) is 5.95 Å². The van der Waals surface area contributed by atoms with Crippen LogP contribution >= 0.6 is 15.9 Å². The van der Waals surface area contributed by atoms with Gasteiger partial charge in [0.1, 0.15) is 5.82 Å². The van der Waals surface area contributed by atoms with Crippen molar-refractivity contribution >= 4 is 28.1 Å². The molecule has 2 rings (SSSR count). The third kappa shape index (κ3) is 2.97. The topological polar surface area (TPSA) is 12.9 Å². The Balaban J connectivity index is 2.29. The number of aromatic nitrogens is 1. The number of benzene rings is 1. The van der Waals surface area contributed by atoms with Gasteiger partial charge >= 0.3 is 0 Å². The standard InChI is InChI=1S/C13H8BrF2N/c14-12-8-11(15)6-5-9(12)3-4-10-2-1-7-17-13(10)16/h1-8H/b4-3-. The van der Waals surface area contributed by atoms with E-state index >= 15 is 0 Å². The minimum atomic E-state index is -0.526. The molecule has 0 amide bonds. The predicted octanol–water partition coefficient (Wildman–Crippen LogP) is 4.29. The Kier molecular flexibility index (Phi) is 3.64. The van der Waals surface area contributed by atoms with Crippen LogP contribution in [0.25, 0.3) is 12.2 Å². The van der Waals surface area contributed by atoms with E-state index in [0.29, 0.717) is 10.0 Å². The zero-order valence-corrected chi connectivity index (χ0v) is 10.3. The second-order valence-electron chi connectivity index (χ2n) is 3.38. The van der Waals surface area contributed by atoms with Crippen molar-refractivity contribution in [1.82, 2.24) is 4.98 Å². The summed E-state index contributed by atoms with van der Waals surface area (Å²) in [6, 6.07) is 7.60. The van der Waals surface area contributed by atoms with Crippen LogP contribution in [0.5, 0.6) is 0 Å². The molecule has 0 aliphatic carbocycles. The van der Waals surface area contributed by atoms with E-state index in [1.165, 1.54) is 18.3 Å². The molecule has 1 heterocycles. The highest BCUT2D eigenvalue weighted by Crippen LogP contribution is 2.20. The molecule has 0 bridgehead atoms. The first kappa shape index (κ1) is 11.9. The fourth-order valence-electron chi connectivity index (χ4n) is 1.34. The van der Waals surface area contributed by atoms with Crippen LogP contribution in [0.15, 0.2) is 41.0 Å². The molecule has 0 atom stereocenters. The Morgan fingerprint density at radius 1 is 1.06 bits per heavy atom. The molecule has 0 spiro atoms. The van der Waals surface area contributed by atoms with E-state index < -0.39 is 5.95 Å². The van der Waals surface area contributed by atoms with E-state index in [9.17, 15) is 8.78 Å². The van der Waals surface area contributed by atoms with Crippen LogP contribution in [0.2, 0.25) is 0 Å². The predicted molar refractivity (Wildman–Crippen MR) is 67.2 cm³/mol. The van der Waals surface area contributed by atoms with Gasteiger partial charge in [-0.05, 0) is 35.9 Å². The average Bonchev–Trinajstić information content (AvgIpc) is 2.30. The van der Waals surface area contributed by atoms with E-state index in [4.69, 9.17) is 0 Å². The van der Waals surface area contributed by atoms with Crippen LogP contribution in [0.3, 0.4) is 0 Å². The number of halogens is 3. The Labute approximate surface area is 106 Å². The summed E-state index contributed by atoms with van der Waals surface area (Å²) in [6.45, 7) is 0. The molecule has 0 radical (unpaired) electrons. The van der Waals surface area contributed by atoms with Crippen molar-refractivity contribution in [2.45, 2.75) is 0 Å². The molecule has 0 unspecified atom stereocenters. The van der Waals surface area contributed by atoms with Gasteiger partial charge in [-0.3, -0.25) is 0 Å². The van der Waals surface area contributed by atoms with Gasteiger partial charge in [0.05, 0.1) is 0 Å². The van der Waals surface area contributed by atoms with E-state index in [2.05, 4.69) is 20.9 Å². The highest BCUT2D eigenvalue weighted by molar-refractivity contribution is 9.10. The number of hydrogen-bond donors (Lipinski definition) is 0. The highest BCUT2D eigenvalue weighted by Gasteiger charge is 2.00. The minimum absolute atomic E-state index is 0.318. The maximum Gasteiger partial charge on any atom is 0.220 e. The fourth-order valence-corrected chi connectivity index (χ4v) is 1.82. The van der Waals surface area contributed by atoms with Gasteiger partial charge in [-0.1, -0.05) is 28.1 Å². The van der Waals surface area contributed by atoms with Crippen molar-refractivity contribution < 1.29 is 8.78 Å². The van der Waals surface area contributed by atoms with E-state index in [0.717, 1.165) is 5.56 Å². The summed E-state index contributed by atoms with van der Waals surface area (Å²) in [5.41, 5.74) is 1.17. The van der Waals surface area contributed by atoms with Crippen LogP contribution < -0.4 is 0 Å². The average molecular weight is 296 g/mol. The van der Waals surface area contributed by atoms with Crippen molar-refractivity contribution in [1.29, 1.82) is 0 Å². The highest BCUT2D eigenvalue weighted by atomic mass is 79.9. The summed E-state index contributed by atoms with van der Waals surface area (Å²) in [4.78, 5) is 3.54. The lowest BCUT2D eigenvalue weighted by Crippen LogP contribution is -1.85. The number of nitrogens with zero attached hydrogens (tertiary/aromatic N) is 1. The van der Waals surface area contributed by atoms with Gasteiger partial charge in [-0.15, -0.1) is 0 Å². The number of pyridine rings is 1. The second-order valence-corrected chi connectivity index (χ2v) is 4.24. The minimum Gasteiger partial charge on any atom is -0.228 e. The normalized spacial score (nSPS) is 11.0. The maximum absolute atomic E-state index is 13.2. The quantitative estimate of drug-likeness (QED) is 0.753. The summed E-state index contributed by atoms with van der Waals surface area (Å²) in [7, 11) is 0. The van der Waals surface area contributed by atoms with Crippen LogP contribution in [0.1, 0.15) is 11.1 Å². The van der Waals surface area contributed by atoms with E-state index in [1.54, 1.807) is 30.4 Å². The van der Waals surface area contributed by atoms with Crippen molar-refractivity contribution in [3.8, 4) is 0 Å². The second kappa shape index (κ2) is 5.19. The molecule has 0 fully saturated rings. The summed E-state index contributed by atoms with van der Waals surface area (Å²) in [5.74, 6) is -0.844. The van der Waals surface area contributed by atoms with Crippen LogP contribution in [0, 0.1) is 11.8 Å². The molecule has 1 aromatic carbocycles. The molecule has 4 heteroatoms. The van der Waals surface area contributed by atoms with Crippen molar-refractivity contribution in [2.24, 2.45) is 0 Å². The van der Waals surface area contributed by atoms with E-state index in [-0.39, 0.29) is 5.82 Å². The molecule has 0 saturated carbocycles. The smallest absolute Gasteiger partial charge is 0.220 e. The molecule has 0 N–H and O–H groups in total. The molecular weight excluding hydrogens is 288 g/mol. The van der Waals surface area contributed by atoms with Crippen LogP contribution in [-0.2, 0) is 0 Å². The SMILES string of the molecule is Fc1ccc(/C=C\c2cccnc2F)c(Br)c1. The summed E-state index contributed by atoms with van der Waals surface area (Å²) >= 11 is 3.24. The summed E-state index contributed by atoms with van der Waals surface area (Å²) < 4.78 is 26.7. The Morgan fingerprint density at radius 3 is 2.53 bits per heavy atom. The largest absolute Gasteiger partial charge is 0.228 e. The van der Waals surface area contributed by atoms with Gasteiger partial charge in [0.15, 0.2) is 0 Å².